The van der Waals surface area contributed by atoms with Crippen LogP contribution in [-0.2, 0) is 14.3 Å². The molecule has 0 aromatic heterocycles. The van der Waals surface area contributed by atoms with E-state index < -0.39 is 34.3 Å². The number of cyclic esters (lactones) is 1. The minimum absolute atomic E-state index is 0.0786. The lowest BCUT2D eigenvalue weighted by Gasteiger charge is -2.64. The van der Waals surface area contributed by atoms with E-state index in [0.29, 0.717) is 18.4 Å². The van der Waals surface area contributed by atoms with Gasteiger partial charge in [-0.3, -0.25) is 4.79 Å². The summed E-state index contributed by atoms with van der Waals surface area (Å²) in [6.07, 6.45) is 5.91. The van der Waals surface area contributed by atoms with Gasteiger partial charge in [0.2, 0.25) is 5.79 Å². The second-order valence-electron chi connectivity index (χ2n) is 12.6. The van der Waals surface area contributed by atoms with Crippen LogP contribution in [0.2, 0.25) is 0 Å². The molecule has 3 saturated carbocycles. The SMILES string of the molecule is CC1=C(C)C(=O)O[C@@](O)([C@@H](C)[C@H]2CC[C@H]3[C@@H]4C[C@H](Cl)[C@]5(O)[C@@H](O)C=CC(=O)[C@]5(C)[C@H]4CC[C@]23C)C1. The molecule has 11 atom stereocenters. The molecule has 194 valence electrons. The number of carbonyl (C=O) groups excluding carboxylic acids is 2. The summed E-state index contributed by atoms with van der Waals surface area (Å²) in [5.41, 5.74) is -1.50. The van der Waals surface area contributed by atoms with Crippen molar-refractivity contribution in [3.8, 4) is 0 Å². The number of ketones is 1. The summed E-state index contributed by atoms with van der Waals surface area (Å²) in [7, 11) is 0. The highest BCUT2D eigenvalue weighted by atomic mass is 35.5. The molecule has 0 radical (unpaired) electrons. The van der Waals surface area contributed by atoms with E-state index in [-0.39, 0.29) is 40.8 Å². The number of ether oxygens (including phenoxy) is 1. The highest BCUT2D eigenvalue weighted by molar-refractivity contribution is 6.22. The molecule has 0 unspecified atom stereocenters. The van der Waals surface area contributed by atoms with Crippen molar-refractivity contribution in [1.29, 1.82) is 0 Å². The van der Waals surface area contributed by atoms with Gasteiger partial charge in [0.05, 0.1) is 10.8 Å². The van der Waals surface area contributed by atoms with Gasteiger partial charge in [0, 0.05) is 17.9 Å². The van der Waals surface area contributed by atoms with E-state index in [9.17, 15) is 24.9 Å². The highest BCUT2D eigenvalue weighted by Gasteiger charge is 2.71. The maximum atomic E-state index is 13.3. The van der Waals surface area contributed by atoms with Gasteiger partial charge in [0.25, 0.3) is 0 Å². The third kappa shape index (κ3) is 3.12. The van der Waals surface area contributed by atoms with Gasteiger partial charge in [-0.15, -0.1) is 11.6 Å². The van der Waals surface area contributed by atoms with Crippen LogP contribution in [0.25, 0.3) is 0 Å². The number of hydrogen-bond donors (Lipinski definition) is 3. The van der Waals surface area contributed by atoms with Gasteiger partial charge < -0.3 is 20.1 Å². The summed E-state index contributed by atoms with van der Waals surface area (Å²) in [5, 5.41) is 33.2. The number of esters is 1. The van der Waals surface area contributed by atoms with Gasteiger partial charge >= 0.3 is 5.97 Å². The fourth-order valence-electron chi connectivity index (χ4n) is 9.14. The summed E-state index contributed by atoms with van der Waals surface area (Å²) < 4.78 is 5.63. The van der Waals surface area contributed by atoms with E-state index in [1.165, 1.54) is 12.2 Å². The van der Waals surface area contributed by atoms with Gasteiger partial charge in [0.1, 0.15) is 11.7 Å². The Morgan fingerprint density at radius 2 is 1.80 bits per heavy atom. The third-order valence-electron chi connectivity index (χ3n) is 11.5. The Balaban J connectivity index is 1.47. The summed E-state index contributed by atoms with van der Waals surface area (Å²) in [4.78, 5) is 25.7. The Labute approximate surface area is 212 Å². The molecule has 4 aliphatic carbocycles. The van der Waals surface area contributed by atoms with Crippen molar-refractivity contribution in [3.63, 3.8) is 0 Å². The summed E-state index contributed by atoms with van der Waals surface area (Å²) in [5.74, 6) is -1.90. The van der Waals surface area contributed by atoms with E-state index in [0.717, 1.165) is 31.3 Å². The topological polar surface area (TPSA) is 104 Å². The molecule has 0 bridgehead atoms. The van der Waals surface area contributed by atoms with Crippen LogP contribution in [0.4, 0.5) is 0 Å². The Hall–Kier alpha value is -1.21. The van der Waals surface area contributed by atoms with E-state index >= 15 is 0 Å². The molecule has 35 heavy (non-hydrogen) atoms. The average molecular weight is 507 g/mol. The molecule has 7 heteroatoms. The maximum Gasteiger partial charge on any atom is 0.336 e. The number of carbonyl (C=O) groups is 2. The first-order valence-electron chi connectivity index (χ1n) is 13.1. The van der Waals surface area contributed by atoms with E-state index in [4.69, 9.17) is 16.3 Å². The highest BCUT2D eigenvalue weighted by Crippen LogP contribution is 2.69. The lowest BCUT2D eigenvalue weighted by Crippen LogP contribution is -2.72. The van der Waals surface area contributed by atoms with Crippen LogP contribution in [0.1, 0.15) is 73.1 Å². The predicted molar refractivity (Wildman–Crippen MR) is 131 cm³/mol. The van der Waals surface area contributed by atoms with Gasteiger partial charge in [-0.1, -0.05) is 19.4 Å². The van der Waals surface area contributed by atoms with Crippen molar-refractivity contribution in [1.82, 2.24) is 0 Å². The largest absolute Gasteiger partial charge is 0.429 e. The van der Waals surface area contributed by atoms with Crippen LogP contribution >= 0.6 is 11.6 Å². The number of allylic oxidation sites excluding steroid dienone is 1. The molecule has 6 nitrogen and oxygen atoms in total. The fourth-order valence-corrected chi connectivity index (χ4v) is 9.70. The molecule has 3 N–H and O–H groups in total. The first-order chi connectivity index (χ1) is 16.2. The minimum atomic E-state index is -1.69. The monoisotopic (exact) mass is 506 g/mol. The lowest BCUT2D eigenvalue weighted by molar-refractivity contribution is -0.246. The number of aliphatic hydroxyl groups is 3. The predicted octanol–water partition coefficient (Wildman–Crippen LogP) is 3.90. The van der Waals surface area contributed by atoms with Crippen LogP contribution in [0.3, 0.4) is 0 Å². The normalized spacial score (nSPS) is 52.5. The molecular weight excluding hydrogens is 468 g/mol. The van der Waals surface area contributed by atoms with Crippen LogP contribution in [-0.4, -0.2) is 49.9 Å². The molecule has 0 amide bonds. The second kappa shape index (κ2) is 7.89. The number of halogens is 1. The third-order valence-corrected chi connectivity index (χ3v) is 12.0. The molecule has 0 saturated heterocycles. The average Bonchev–Trinajstić information content (AvgIpc) is 3.14. The van der Waals surface area contributed by atoms with Crippen LogP contribution in [0.15, 0.2) is 23.3 Å². The second-order valence-corrected chi connectivity index (χ2v) is 13.1. The van der Waals surface area contributed by atoms with Crippen molar-refractivity contribution < 1.29 is 29.6 Å². The first-order valence-corrected chi connectivity index (χ1v) is 13.5. The zero-order valence-electron chi connectivity index (χ0n) is 21.4. The van der Waals surface area contributed by atoms with E-state index in [2.05, 4.69) is 6.92 Å². The fraction of sp³-hybridized carbons (Fsp3) is 0.786. The molecular formula is C28H39ClO6. The molecule has 3 fully saturated rings. The van der Waals surface area contributed by atoms with Crippen molar-refractivity contribution in [2.75, 3.05) is 0 Å². The Morgan fingerprint density at radius 3 is 2.46 bits per heavy atom. The number of aliphatic hydroxyl groups excluding tert-OH is 1. The zero-order chi connectivity index (χ0) is 25.7. The van der Waals surface area contributed by atoms with Crippen molar-refractivity contribution >= 4 is 23.4 Å². The molecule has 0 spiro atoms. The Bertz CT molecular complexity index is 1020. The van der Waals surface area contributed by atoms with Gasteiger partial charge in [-0.25, -0.2) is 4.79 Å². The Morgan fingerprint density at radius 1 is 1.11 bits per heavy atom. The van der Waals surface area contributed by atoms with Gasteiger partial charge in [-0.05, 0) is 94.1 Å². The number of hydrogen-bond acceptors (Lipinski definition) is 6. The quantitative estimate of drug-likeness (QED) is 0.387. The van der Waals surface area contributed by atoms with Crippen LogP contribution in [0, 0.1) is 40.4 Å². The maximum absolute atomic E-state index is 13.3. The summed E-state index contributed by atoms with van der Waals surface area (Å²) in [6, 6.07) is 0. The van der Waals surface area contributed by atoms with E-state index in [1.807, 2.05) is 13.8 Å². The summed E-state index contributed by atoms with van der Waals surface area (Å²) in [6.45, 7) is 9.71. The number of alkyl halides is 1. The van der Waals surface area contributed by atoms with Gasteiger partial charge in [-0.2, -0.15) is 0 Å². The summed E-state index contributed by atoms with van der Waals surface area (Å²) >= 11 is 6.83. The molecule has 1 aliphatic heterocycles. The molecule has 5 aliphatic rings. The first kappa shape index (κ1) is 25.4. The van der Waals surface area contributed by atoms with E-state index in [1.54, 1.807) is 13.8 Å². The Kier molecular flexibility index (Phi) is 5.74. The molecule has 0 aromatic carbocycles. The van der Waals surface area contributed by atoms with Gasteiger partial charge in [0.15, 0.2) is 5.78 Å². The zero-order valence-corrected chi connectivity index (χ0v) is 22.1. The smallest absolute Gasteiger partial charge is 0.336 e. The molecule has 0 aromatic rings. The number of fused-ring (bicyclic) bond motifs is 5. The standard InChI is InChI=1S/C28H39ClO6/c1-14-13-27(33,35-24(32)15(14)2)16(3)18-6-7-19-17-12-21(29)28(34)23(31)9-8-22(30)26(28,5)20(17)10-11-25(18,19)4/h8-9,16-21,23,31,33-34H,6-7,10-13H2,1-5H3/t16-,17-,18+,19-,20-,21-,23-,25+,26-,27+,28-/m0/s1. The van der Waals surface area contributed by atoms with Crippen molar-refractivity contribution in [2.45, 2.75) is 96.0 Å². The molecule has 1 heterocycles. The lowest BCUT2D eigenvalue weighted by atomic mass is 9.43. The van der Waals surface area contributed by atoms with Crippen molar-refractivity contribution in [3.05, 3.63) is 23.3 Å². The number of rotatable bonds is 2. The minimum Gasteiger partial charge on any atom is -0.429 e. The van der Waals surface area contributed by atoms with Crippen LogP contribution < -0.4 is 0 Å². The van der Waals surface area contributed by atoms with Crippen LogP contribution in [0.5, 0.6) is 0 Å². The molecule has 5 rings (SSSR count). The van der Waals surface area contributed by atoms with Crippen molar-refractivity contribution in [2.24, 2.45) is 40.4 Å².